The number of rotatable bonds is 3. The van der Waals surface area contributed by atoms with Gasteiger partial charge in [0.25, 0.3) is 0 Å². The first-order valence-corrected chi connectivity index (χ1v) is 6.68. The Morgan fingerprint density at radius 3 is 2.78 bits per heavy atom. The molecule has 0 fully saturated rings. The quantitative estimate of drug-likeness (QED) is 0.820. The van der Waals surface area contributed by atoms with Crippen LogP contribution in [-0.2, 0) is 6.54 Å². The summed E-state index contributed by atoms with van der Waals surface area (Å²) in [4.78, 5) is 0. The van der Waals surface area contributed by atoms with Gasteiger partial charge in [0, 0.05) is 16.0 Å². The Labute approximate surface area is 119 Å². The van der Waals surface area contributed by atoms with Crippen molar-refractivity contribution < 1.29 is 4.39 Å². The van der Waals surface area contributed by atoms with E-state index in [9.17, 15) is 4.39 Å². The standard InChI is InChI=1S/C14H12BrClFN/c1-9-3-2-4-13(17)14(9)18-8-10-7-11(16)5-6-12(10)15/h2-7,18H,8H2,1H3. The summed E-state index contributed by atoms with van der Waals surface area (Å²) in [5.41, 5.74) is 2.41. The highest BCUT2D eigenvalue weighted by atomic mass is 79.9. The van der Waals surface area contributed by atoms with Gasteiger partial charge in [-0.25, -0.2) is 4.39 Å². The molecule has 0 aliphatic carbocycles. The fourth-order valence-electron chi connectivity index (χ4n) is 1.72. The van der Waals surface area contributed by atoms with Gasteiger partial charge in [0.1, 0.15) is 5.82 Å². The molecular weight excluding hydrogens is 317 g/mol. The average Bonchev–Trinajstić information content (AvgIpc) is 2.33. The molecule has 2 aromatic carbocycles. The van der Waals surface area contributed by atoms with Crippen molar-refractivity contribution in [3.63, 3.8) is 0 Å². The topological polar surface area (TPSA) is 12.0 Å². The predicted molar refractivity (Wildman–Crippen MR) is 77.6 cm³/mol. The van der Waals surface area contributed by atoms with Crippen molar-refractivity contribution in [2.45, 2.75) is 13.5 Å². The first-order chi connectivity index (χ1) is 8.58. The van der Waals surface area contributed by atoms with E-state index in [1.54, 1.807) is 6.07 Å². The molecule has 2 aromatic rings. The molecule has 0 aliphatic rings. The summed E-state index contributed by atoms with van der Waals surface area (Å²) in [6.45, 7) is 2.39. The highest BCUT2D eigenvalue weighted by molar-refractivity contribution is 9.10. The van der Waals surface area contributed by atoms with Crippen LogP contribution in [0.2, 0.25) is 5.02 Å². The molecule has 18 heavy (non-hydrogen) atoms. The number of nitrogens with one attached hydrogen (secondary N) is 1. The molecule has 1 nitrogen and oxygen atoms in total. The molecule has 0 atom stereocenters. The summed E-state index contributed by atoms with van der Waals surface area (Å²) >= 11 is 9.39. The van der Waals surface area contributed by atoms with E-state index in [2.05, 4.69) is 21.2 Å². The van der Waals surface area contributed by atoms with E-state index in [0.717, 1.165) is 15.6 Å². The molecule has 0 bridgehead atoms. The number of hydrogen-bond donors (Lipinski definition) is 1. The van der Waals surface area contributed by atoms with Crippen molar-refractivity contribution in [1.29, 1.82) is 0 Å². The molecule has 2 rings (SSSR count). The second-order valence-corrected chi connectivity index (χ2v) is 5.31. The number of aryl methyl sites for hydroxylation is 1. The van der Waals surface area contributed by atoms with Gasteiger partial charge in [-0.1, -0.05) is 39.7 Å². The van der Waals surface area contributed by atoms with E-state index in [1.807, 2.05) is 31.2 Å². The van der Waals surface area contributed by atoms with Gasteiger partial charge in [-0.3, -0.25) is 0 Å². The van der Waals surface area contributed by atoms with Gasteiger partial charge in [-0.2, -0.15) is 0 Å². The molecule has 94 valence electrons. The highest BCUT2D eigenvalue weighted by Gasteiger charge is 2.06. The van der Waals surface area contributed by atoms with E-state index >= 15 is 0 Å². The second kappa shape index (κ2) is 5.72. The molecule has 0 saturated heterocycles. The monoisotopic (exact) mass is 327 g/mol. The summed E-state index contributed by atoms with van der Waals surface area (Å²) in [6.07, 6.45) is 0. The highest BCUT2D eigenvalue weighted by Crippen LogP contribution is 2.24. The number of halogens is 3. The normalized spacial score (nSPS) is 10.4. The smallest absolute Gasteiger partial charge is 0.146 e. The van der Waals surface area contributed by atoms with E-state index < -0.39 is 0 Å². The van der Waals surface area contributed by atoms with Gasteiger partial charge in [-0.15, -0.1) is 0 Å². The molecule has 0 heterocycles. The lowest BCUT2D eigenvalue weighted by Crippen LogP contribution is -2.03. The Hall–Kier alpha value is -1.06. The summed E-state index contributed by atoms with van der Waals surface area (Å²) in [5, 5.41) is 3.77. The molecule has 0 saturated carbocycles. The van der Waals surface area contributed by atoms with Crippen LogP contribution in [0, 0.1) is 12.7 Å². The van der Waals surface area contributed by atoms with E-state index in [0.29, 0.717) is 17.3 Å². The number of para-hydroxylation sites is 1. The van der Waals surface area contributed by atoms with Crippen molar-refractivity contribution in [3.05, 3.63) is 62.8 Å². The van der Waals surface area contributed by atoms with Gasteiger partial charge in [0.05, 0.1) is 5.69 Å². The molecule has 0 aliphatic heterocycles. The summed E-state index contributed by atoms with van der Waals surface area (Å²) in [7, 11) is 0. The Kier molecular flexibility index (Phi) is 4.25. The third kappa shape index (κ3) is 3.03. The van der Waals surface area contributed by atoms with Gasteiger partial charge in [0.2, 0.25) is 0 Å². The Bertz CT molecular complexity index is 551. The van der Waals surface area contributed by atoms with Crippen LogP contribution in [0.5, 0.6) is 0 Å². The maximum atomic E-state index is 13.6. The van der Waals surface area contributed by atoms with Crippen LogP contribution in [0.25, 0.3) is 0 Å². The minimum Gasteiger partial charge on any atom is -0.378 e. The van der Waals surface area contributed by atoms with Crippen LogP contribution >= 0.6 is 27.5 Å². The lowest BCUT2D eigenvalue weighted by atomic mass is 10.1. The second-order valence-electron chi connectivity index (χ2n) is 4.02. The van der Waals surface area contributed by atoms with E-state index in [-0.39, 0.29) is 5.82 Å². The molecule has 1 N–H and O–H groups in total. The number of benzene rings is 2. The van der Waals surface area contributed by atoms with Gasteiger partial charge < -0.3 is 5.32 Å². The Morgan fingerprint density at radius 1 is 1.28 bits per heavy atom. The fourth-order valence-corrected chi connectivity index (χ4v) is 2.30. The minimum atomic E-state index is -0.242. The largest absolute Gasteiger partial charge is 0.378 e. The SMILES string of the molecule is Cc1cccc(F)c1NCc1cc(Cl)ccc1Br. The number of anilines is 1. The summed E-state index contributed by atoms with van der Waals surface area (Å²) < 4.78 is 14.6. The van der Waals surface area contributed by atoms with Crippen molar-refractivity contribution in [2.75, 3.05) is 5.32 Å². The van der Waals surface area contributed by atoms with Crippen LogP contribution in [0.4, 0.5) is 10.1 Å². The zero-order chi connectivity index (χ0) is 13.1. The first-order valence-electron chi connectivity index (χ1n) is 5.51. The maximum absolute atomic E-state index is 13.6. The van der Waals surface area contributed by atoms with Crippen molar-refractivity contribution in [2.24, 2.45) is 0 Å². The molecule has 0 aromatic heterocycles. The third-order valence-corrected chi connectivity index (χ3v) is 3.69. The third-order valence-electron chi connectivity index (χ3n) is 2.69. The Balaban J connectivity index is 2.19. The van der Waals surface area contributed by atoms with E-state index in [1.165, 1.54) is 6.07 Å². The maximum Gasteiger partial charge on any atom is 0.146 e. The molecule has 0 amide bonds. The first kappa shape index (κ1) is 13.4. The van der Waals surface area contributed by atoms with E-state index in [4.69, 9.17) is 11.6 Å². The van der Waals surface area contributed by atoms with Gasteiger partial charge >= 0.3 is 0 Å². The Morgan fingerprint density at radius 2 is 2.06 bits per heavy atom. The van der Waals surface area contributed by atoms with Crippen LogP contribution in [0.3, 0.4) is 0 Å². The van der Waals surface area contributed by atoms with Crippen molar-refractivity contribution in [3.8, 4) is 0 Å². The van der Waals surface area contributed by atoms with Crippen LogP contribution in [-0.4, -0.2) is 0 Å². The average molecular weight is 329 g/mol. The van der Waals surface area contributed by atoms with Crippen LogP contribution in [0.15, 0.2) is 40.9 Å². The summed E-state index contributed by atoms with van der Waals surface area (Å²) in [5.74, 6) is -0.242. The lowest BCUT2D eigenvalue weighted by Gasteiger charge is -2.12. The van der Waals surface area contributed by atoms with Crippen molar-refractivity contribution in [1.82, 2.24) is 0 Å². The zero-order valence-electron chi connectivity index (χ0n) is 9.81. The van der Waals surface area contributed by atoms with Crippen LogP contribution in [0.1, 0.15) is 11.1 Å². The molecular formula is C14H12BrClFN. The minimum absolute atomic E-state index is 0.242. The zero-order valence-corrected chi connectivity index (χ0v) is 12.1. The lowest BCUT2D eigenvalue weighted by molar-refractivity contribution is 0.629. The molecule has 4 heteroatoms. The fraction of sp³-hybridized carbons (Fsp3) is 0.143. The molecule has 0 spiro atoms. The predicted octanol–water partition coefficient (Wildman–Crippen LogP) is 5.16. The molecule has 0 radical (unpaired) electrons. The van der Waals surface area contributed by atoms with Crippen LogP contribution < -0.4 is 5.32 Å². The van der Waals surface area contributed by atoms with Gasteiger partial charge in [0.15, 0.2) is 0 Å². The number of hydrogen-bond acceptors (Lipinski definition) is 1. The van der Waals surface area contributed by atoms with Gasteiger partial charge in [-0.05, 0) is 42.3 Å². The molecule has 0 unspecified atom stereocenters. The van der Waals surface area contributed by atoms with Crippen molar-refractivity contribution >= 4 is 33.2 Å². The summed E-state index contributed by atoms with van der Waals surface area (Å²) in [6, 6.07) is 10.6.